The molecule has 1 atom stereocenters. The number of nitrogens with zero attached hydrogens (tertiary/aromatic N) is 2. The summed E-state index contributed by atoms with van der Waals surface area (Å²) < 4.78 is 1.83. The third kappa shape index (κ3) is 3.55. The van der Waals surface area contributed by atoms with Gasteiger partial charge in [-0.1, -0.05) is 12.1 Å². The lowest BCUT2D eigenvalue weighted by Gasteiger charge is -2.16. The summed E-state index contributed by atoms with van der Waals surface area (Å²) >= 11 is 6.85. The molecular formula is C14H11Br2N3. The van der Waals surface area contributed by atoms with Crippen molar-refractivity contribution >= 4 is 37.7 Å². The molecule has 19 heavy (non-hydrogen) atoms. The van der Waals surface area contributed by atoms with Gasteiger partial charge in [0.25, 0.3) is 0 Å². The van der Waals surface area contributed by atoms with Crippen LogP contribution in [0.15, 0.2) is 45.5 Å². The molecule has 1 unspecified atom stereocenters. The van der Waals surface area contributed by atoms with Crippen molar-refractivity contribution in [3.8, 4) is 6.07 Å². The number of rotatable bonds is 3. The first-order valence-corrected chi connectivity index (χ1v) is 7.26. The van der Waals surface area contributed by atoms with Gasteiger partial charge in [-0.15, -0.1) is 0 Å². The molecule has 0 saturated carbocycles. The van der Waals surface area contributed by atoms with Crippen LogP contribution in [0.5, 0.6) is 0 Å². The fourth-order valence-corrected chi connectivity index (χ4v) is 2.76. The smallest absolute Gasteiger partial charge is 0.140 e. The summed E-state index contributed by atoms with van der Waals surface area (Å²) in [5, 5.41) is 12.1. The van der Waals surface area contributed by atoms with Gasteiger partial charge in [0.15, 0.2) is 0 Å². The van der Waals surface area contributed by atoms with Gasteiger partial charge in [0.05, 0.1) is 16.1 Å². The first kappa shape index (κ1) is 14.0. The van der Waals surface area contributed by atoms with Crippen LogP contribution in [0.4, 0.5) is 5.82 Å². The summed E-state index contributed by atoms with van der Waals surface area (Å²) in [5.41, 5.74) is 1.77. The van der Waals surface area contributed by atoms with Gasteiger partial charge in [-0.05, 0) is 62.5 Å². The summed E-state index contributed by atoms with van der Waals surface area (Å²) in [5.74, 6) is 0.792. The van der Waals surface area contributed by atoms with E-state index in [1.807, 2.05) is 30.3 Å². The molecule has 0 bridgehead atoms. The predicted molar refractivity (Wildman–Crippen MR) is 82.8 cm³/mol. The topological polar surface area (TPSA) is 48.7 Å². The molecule has 0 aliphatic rings. The van der Waals surface area contributed by atoms with Crippen molar-refractivity contribution < 1.29 is 0 Å². The maximum atomic E-state index is 8.78. The van der Waals surface area contributed by atoms with Crippen LogP contribution in [0.2, 0.25) is 0 Å². The number of halogens is 2. The quantitative estimate of drug-likeness (QED) is 0.842. The Balaban J connectivity index is 2.16. The van der Waals surface area contributed by atoms with Gasteiger partial charge in [0.2, 0.25) is 0 Å². The first-order chi connectivity index (χ1) is 9.10. The van der Waals surface area contributed by atoms with Crippen LogP contribution in [0.25, 0.3) is 0 Å². The van der Waals surface area contributed by atoms with Gasteiger partial charge < -0.3 is 5.32 Å². The second-order valence-corrected chi connectivity index (χ2v) is 5.85. The molecule has 2 rings (SSSR count). The number of pyridine rings is 1. The second kappa shape index (κ2) is 6.18. The monoisotopic (exact) mass is 379 g/mol. The minimum atomic E-state index is 0.109. The summed E-state index contributed by atoms with van der Waals surface area (Å²) in [6.07, 6.45) is 1.75. The van der Waals surface area contributed by atoms with E-state index in [2.05, 4.69) is 55.2 Å². The van der Waals surface area contributed by atoms with E-state index in [1.165, 1.54) is 0 Å². The zero-order valence-electron chi connectivity index (χ0n) is 10.2. The molecular weight excluding hydrogens is 370 g/mol. The summed E-state index contributed by atoms with van der Waals surface area (Å²) in [6.45, 7) is 2.05. The largest absolute Gasteiger partial charge is 0.363 e. The lowest BCUT2D eigenvalue weighted by atomic mass is 10.1. The molecule has 0 fully saturated rings. The SMILES string of the molecule is CC(Nc1ncc(Br)cc1Br)c1ccc(C#N)cc1. The van der Waals surface area contributed by atoms with Crippen molar-refractivity contribution in [2.24, 2.45) is 0 Å². The van der Waals surface area contributed by atoms with Crippen LogP contribution in [0.3, 0.4) is 0 Å². The van der Waals surface area contributed by atoms with Crippen molar-refractivity contribution in [2.45, 2.75) is 13.0 Å². The van der Waals surface area contributed by atoms with Crippen molar-refractivity contribution in [3.05, 3.63) is 56.6 Å². The van der Waals surface area contributed by atoms with Gasteiger partial charge in [-0.2, -0.15) is 5.26 Å². The highest BCUT2D eigenvalue weighted by molar-refractivity contribution is 9.11. The number of benzene rings is 1. The second-order valence-electron chi connectivity index (χ2n) is 4.08. The van der Waals surface area contributed by atoms with E-state index in [0.717, 1.165) is 20.3 Å². The third-order valence-electron chi connectivity index (χ3n) is 2.70. The maximum absolute atomic E-state index is 8.78. The zero-order valence-corrected chi connectivity index (χ0v) is 13.4. The minimum absolute atomic E-state index is 0.109. The Bertz CT molecular complexity index is 618. The Labute approximate surface area is 128 Å². The Kier molecular flexibility index (Phi) is 4.56. The third-order valence-corrected chi connectivity index (χ3v) is 3.74. The summed E-state index contributed by atoms with van der Waals surface area (Å²) in [4.78, 5) is 4.32. The Morgan fingerprint density at radius 3 is 2.53 bits per heavy atom. The van der Waals surface area contributed by atoms with Gasteiger partial charge in [0.1, 0.15) is 5.82 Å². The number of hydrogen-bond donors (Lipinski definition) is 1. The van der Waals surface area contributed by atoms with Gasteiger partial charge in [-0.25, -0.2) is 4.98 Å². The number of nitrogens with one attached hydrogen (secondary N) is 1. The molecule has 0 spiro atoms. The highest BCUT2D eigenvalue weighted by Crippen LogP contribution is 2.27. The fraction of sp³-hybridized carbons (Fsp3) is 0.143. The molecule has 1 N–H and O–H groups in total. The number of aromatic nitrogens is 1. The van der Waals surface area contributed by atoms with Crippen LogP contribution >= 0.6 is 31.9 Å². The molecule has 0 amide bonds. The van der Waals surface area contributed by atoms with E-state index in [4.69, 9.17) is 5.26 Å². The summed E-state index contributed by atoms with van der Waals surface area (Å²) in [6, 6.07) is 11.7. The van der Waals surface area contributed by atoms with Crippen LogP contribution in [-0.2, 0) is 0 Å². The molecule has 0 saturated heterocycles. The number of nitriles is 1. The molecule has 1 aromatic carbocycles. The first-order valence-electron chi connectivity index (χ1n) is 5.68. The molecule has 0 aliphatic heterocycles. The van der Waals surface area contributed by atoms with Crippen molar-refractivity contribution in [1.29, 1.82) is 5.26 Å². The van der Waals surface area contributed by atoms with Crippen LogP contribution in [-0.4, -0.2) is 4.98 Å². The Morgan fingerprint density at radius 1 is 1.26 bits per heavy atom. The van der Waals surface area contributed by atoms with Gasteiger partial charge >= 0.3 is 0 Å². The van der Waals surface area contributed by atoms with E-state index >= 15 is 0 Å². The lowest BCUT2D eigenvalue weighted by molar-refractivity contribution is 0.872. The molecule has 5 heteroatoms. The normalized spacial score (nSPS) is 11.7. The van der Waals surface area contributed by atoms with Crippen molar-refractivity contribution in [3.63, 3.8) is 0 Å². The number of hydrogen-bond acceptors (Lipinski definition) is 3. The van der Waals surface area contributed by atoms with Crippen molar-refractivity contribution in [2.75, 3.05) is 5.32 Å². The van der Waals surface area contributed by atoms with Crippen LogP contribution in [0, 0.1) is 11.3 Å². The lowest BCUT2D eigenvalue weighted by Crippen LogP contribution is -2.08. The fourth-order valence-electron chi connectivity index (χ4n) is 1.66. The molecule has 1 aromatic heterocycles. The average molecular weight is 381 g/mol. The van der Waals surface area contributed by atoms with E-state index < -0.39 is 0 Å². The van der Waals surface area contributed by atoms with Gasteiger partial charge in [-0.3, -0.25) is 0 Å². The van der Waals surface area contributed by atoms with E-state index in [-0.39, 0.29) is 6.04 Å². The maximum Gasteiger partial charge on any atom is 0.140 e. The Hall–Kier alpha value is -1.38. The highest BCUT2D eigenvalue weighted by Gasteiger charge is 2.09. The average Bonchev–Trinajstić information content (AvgIpc) is 2.42. The number of anilines is 1. The summed E-state index contributed by atoms with van der Waals surface area (Å²) in [7, 11) is 0. The zero-order chi connectivity index (χ0) is 13.8. The van der Waals surface area contributed by atoms with Gasteiger partial charge in [0, 0.05) is 16.7 Å². The van der Waals surface area contributed by atoms with E-state index in [0.29, 0.717) is 5.56 Å². The van der Waals surface area contributed by atoms with Crippen LogP contribution < -0.4 is 5.32 Å². The minimum Gasteiger partial charge on any atom is -0.363 e. The molecule has 0 radical (unpaired) electrons. The van der Waals surface area contributed by atoms with E-state index in [9.17, 15) is 0 Å². The van der Waals surface area contributed by atoms with Crippen LogP contribution in [0.1, 0.15) is 24.1 Å². The predicted octanol–water partition coefficient (Wildman–Crippen LogP) is 4.65. The molecule has 1 heterocycles. The van der Waals surface area contributed by atoms with E-state index in [1.54, 1.807) is 6.20 Å². The molecule has 96 valence electrons. The molecule has 2 aromatic rings. The highest BCUT2D eigenvalue weighted by atomic mass is 79.9. The Morgan fingerprint density at radius 2 is 1.95 bits per heavy atom. The van der Waals surface area contributed by atoms with Crippen molar-refractivity contribution in [1.82, 2.24) is 4.98 Å². The molecule has 0 aliphatic carbocycles. The standard InChI is InChI=1S/C14H11Br2N3/c1-9(11-4-2-10(7-17)3-5-11)19-14-13(16)6-12(15)8-18-14/h2-6,8-9H,1H3,(H,18,19). The molecule has 3 nitrogen and oxygen atoms in total.